The average Bonchev–Trinajstić information content (AvgIpc) is 2.66. The van der Waals surface area contributed by atoms with Crippen LogP contribution in [0.15, 0.2) is 48.5 Å². The summed E-state index contributed by atoms with van der Waals surface area (Å²) in [5, 5.41) is 0. The Morgan fingerprint density at radius 1 is 0.704 bits per heavy atom. The van der Waals surface area contributed by atoms with E-state index < -0.39 is 0 Å². The predicted octanol–water partition coefficient (Wildman–Crippen LogP) is 7.97. The zero-order valence-corrected chi connectivity index (χ0v) is 18.2. The first-order valence-electron chi connectivity index (χ1n) is 10.7. The largest absolute Gasteiger partial charge is 0.366 e. The Hall–Kier alpha value is -1.60. The standard InChI is InChI=1S/C26H38O/c1-7-19(3)17-25(23-13-9-11-21(5)15-23)27-26(18-20(4)8-2)24-14-10-12-22(6)16-24/h9-16,19-20,25-26H,7-8,17-18H2,1-6H3. The van der Waals surface area contributed by atoms with E-state index in [1.807, 2.05) is 0 Å². The molecular formula is C26H38O. The molecule has 0 heterocycles. The Labute approximate surface area is 167 Å². The Morgan fingerprint density at radius 2 is 1.11 bits per heavy atom. The first kappa shape index (κ1) is 21.7. The Kier molecular flexibility index (Phi) is 8.57. The van der Waals surface area contributed by atoms with Gasteiger partial charge in [0.05, 0.1) is 12.2 Å². The highest BCUT2D eigenvalue weighted by Crippen LogP contribution is 2.36. The van der Waals surface area contributed by atoms with Crippen molar-refractivity contribution in [1.29, 1.82) is 0 Å². The van der Waals surface area contributed by atoms with E-state index >= 15 is 0 Å². The van der Waals surface area contributed by atoms with Crippen molar-refractivity contribution in [1.82, 2.24) is 0 Å². The molecule has 2 aromatic rings. The van der Waals surface area contributed by atoms with E-state index in [0.717, 1.165) is 12.8 Å². The van der Waals surface area contributed by atoms with Gasteiger partial charge in [0.2, 0.25) is 0 Å². The molecule has 0 saturated heterocycles. The topological polar surface area (TPSA) is 9.23 Å². The third kappa shape index (κ3) is 6.81. The Bertz CT molecular complexity index is 631. The molecule has 1 heteroatoms. The van der Waals surface area contributed by atoms with E-state index in [1.54, 1.807) is 0 Å². The Balaban J connectivity index is 2.32. The molecule has 1 nitrogen and oxygen atoms in total. The lowest BCUT2D eigenvalue weighted by molar-refractivity contribution is -0.0375. The van der Waals surface area contributed by atoms with Crippen LogP contribution in [-0.4, -0.2) is 0 Å². The fourth-order valence-electron chi connectivity index (χ4n) is 3.54. The van der Waals surface area contributed by atoms with E-state index in [4.69, 9.17) is 4.74 Å². The van der Waals surface area contributed by atoms with E-state index in [0.29, 0.717) is 11.8 Å². The summed E-state index contributed by atoms with van der Waals surface area (Å²) in [6.07, 6.45) is 4.81. The highest BCUT2D eigenvalue weighted by Gasteiger charge is 2.23. The number of benzene rings is 2. The van der Waals surface area contributed by atoms with Gasteiger partial charge < -0.3 is 4.74 Å². The molecule has 2 aromatic carbocycles. The molecular weight excluding hydrogens is 328 g/mol. The highest BCUT2D eigenvalue weighted by molar-refractivity contribution is 5.26. The summed E-state index contributed by atoms with van der Waals surface area (Å²) >= 11 is 0. The van der Waals surface area contributed by atoms with Crippen LogP contribution in [0.4, 0.5) is 0 Å². The van der Waals surface area contributed by atoms with Crippen molar-refractivity contribution in [3.05, 3.63) is 70.8 Å². The molecule has 4 atom stereocenters. The van der Waals surface area contributed by atoms with Crippen LogP contribution in [0.5, 0.6) is 0 Å². The van der Waals surface area contributed by atoms with Gasteiger partial charge in [0.15, 0.2) is 0 Å². The number of hydrogen-bond acceptors (Lipinski definition) is 1. The fourth-order valence-corrected chi connectivity index (χ4v) is 3.54. The fraction of sp³-hybridized carbons (Fsp3) is 0.538. The van der Waals surface area contributed by atoms with E-state index in [-0.39, 0.29) is 12.2 Å². The SMILES string of the molecule is CCC(C)CC(OC(CC(C)CC)c1cccc(C)c1)c1cccc(C)c1. The van der Waals surface area contributed by atoms with Gasteiger partial charge >= 0.3 is 0 Å². The average molecular weight is 367 g/mol. The van der Waals surface area contributed by atoms with E-state index in [1.165, 1.54) is 35.1 Å². The molecule has 0 N–H and O–H groups in total. The van der Waals surface area contributed by atoms with Gasteiger partial charge in [-0.25, -0.2) is 0 Å². The van der Waals surface area contributed by atoms with Crippen LogP contribution in [0.25, 0.3) is 0 Å². The highest BCUT2D eigenvalue weighted by atomic mass is 16.5. The molecule has 27 heavy (non-hydrogen) atoms. The molecule has 0 aliphatic heterocycles. The molecule has 2 rings (SSSR count). The summed E-state index contributed by atoms with van der Waals surface area (Å²) in [6, 6.07) is 17.7. The van der Waals surface area contributed by atoms with E-state index in [9.17, 15) is 0 Å². The van der Waals surface area contributed by atoms with Crippen LogP contribution < -0.4 is 0 Å². The minimum atomic E-state index is 0.148. The van der Waals surface area contributed by atoms with Crippen molar-refractivity contribution in [2.75, 3.05) is 0 Å². The van der Waals surface area contributed by atoms with Crippen LogP contribution in [0.1, 0.15) is 87.8 Å². The second-order valence-corrected chi connectivity index (χ2v) is 8.44. The molecule has 0 fully saturated rings. The number of aryl methyl sites for hydroxylation is 2. The summed E-state index contributed by atoms with van der Waals surface area (Å²) in [4.78, 5) is 0. The molecule has 148 valence electrons. The van der Waals surface area contributed by atoms with Crippen LogP contribution >= 0.6 is 0 Å². The molecule has 0 saturated carbocycles. The molecule has 0 amide bonds. The van der Waals surface area contributed by atoms with Crippen molar-refractivity contribution in [3.63, 3.8) is 0 Å². The van der Waals surface area contributed by atoms with Crippen LogP contribution in [0.2, 0.25) is 0 Å². The molecule has 0 spiro atoms. The maximum atomic E-state index is 6.88. The first-order valence-corrected chi connectivity index (χ1v) is 10.7. The van der Waals surface area contributed by atoms with Gasteiger partial charge in [0.1, 0.15) is 0 Å². The maximum absolute atomic E-state index is 6.88. The quantitative estimate of drug-likeness (QED) is 0.414. The first-order chi connectivity index (χ1) is 12.9. The smallest absolute Gasteiger partial charge is 0.0835 e. The lowest BCUT2D eigenvalue weighted by Gasteiger charge is -2.29. The van der Waals surface area contributed by atoms with Gasteiger partial charge in [0.25, 0.3) is 0 Å². The zero-order chi connectivity index (χ0) is 19.8. The number of rotatable bonds is 10. The third-order valence-electron chi connectivity index (χ3n) is 5.78. The summed E-state index contributed by atoms with van der Waals surface area (Å²) in [6.45, 7) is 13.6. The van der Waals surface area contributed by atoms with Gasteiger partial charge in [-0.2, -0.15) is 0 Å². The third-order valence-corrected chi connectivity index (χ3v) is 5.78. The lowest BCUT2D eigenvalue weighted by Crippen LogP contribution is -2.16. The maximum Gasteiger partial charge on any atom is 0.0835 e. The summed E-state index contributed by atoms with van der Waals surface area (Å²) in [5.41, 5.74) is 5.24. The van der Waals surface area contributed by atoms with E-state index in [2.05, 4.69) is 90.1 Å². The predicted molar refractivity (Wildman–Crippen MR) is 117 cm³/mol. The summed E-state index contributed by atoms with van der Waals surface area (Å²) in [5.74, 6) is 1.30. The second kappa shape index (κ2) is 10.7. The lowest BCUT2D eigenvalue weighted by atomic mass is 9.92. The van der Waals surface area contributed by atoms with Crippen LogP contribution in [0, 0.1) is 25.7 Å². The van der Waals surface area contributed by atoms with Crippen LogP contribution in [-0.2, 0) is 4.74 Å². The number of hydrogen-bond donors (Lipinski definition) is 0. The summed E-state index contributed by atoms with van der Waals surface area (Å²) < 4.78 is 6.88. The Morgan fingerprint density at radius 3 is 1.44 bits per heavy atom. The zero-order valence-electron chi connectivity index (χ0n) is 18.2. The summed E-state index contributed by atoms with van der Waals surface area (Å²) in [7, 11) is 0. The van der Waals surface area contributed by atoms with Gasteiger partial charge in [-0.1, -0.05) is 100 Å². The molecule has 0 bridgehead atoms. The van der Waals surface area contributed by atoms with Crippen molar-refractivity contribution in [2.24, 2.45) is 11.8 Å². The minimum Gasteiger partial charge on any atom is -0.366 e. The van der Waals surface area contributed by atoms with Crippen molar-refractivity contribution < 1.29 is 4.74 Å². The van der Waals surface area contributed by atoms with Crippen LogP contribution in [0.3, 0.4) is 0 Å². The second-order valence-electron chi connectivity index (χ2n) is 8.44. The minimum absolute atomic E-state index is 0.148. The van der Waals surface area contributed by atoms with Crippen molar-refractivity contribution in [2.45, 2.75) is 79.4 Å². The van der Waals surface area contributed by atoms with Gasteiger partial charge in [0, 0.05) is 0 Å². The molecule has 4 unspecified atom stereocenters. The van der Waals surface area contributed by atoms with Crippen molar-refractivity contribution in [3.8, 4) is 0 Å². The van der Waals surface area contributed by atoms with Gasteiger partial charge in [-0.15, -0.1) is 0 Å². The molecule has 0 aliphatic rings. The molecule has 0 aromatic heterocycles. The monoisotopic (exact) mass is 366 g/mol. The van der Waals surface area contributed by atoms with Gasteiger partial charge in [-0.3, -0.25) is 0 Å². The molecule has 0 radical (unpaired) electrons. The van der Waals surface area contributed by atoms with Gasteiger partial charge in [-0.05, 0) is 49.7 Å². The van der Waals surface area contributed by atoms with Crippen molar-refractivity contribution >= 4 is 0 Å². The number of ether oxygens (including phenoxy) is 1. The molecule has 0 aliphatic carbocycles. The normalized spacial score (nSPS) is 15.9.